The van der Waals surface area contributed by atoms with Crippen molar-refractivity contribution in [2.75, 3.05) is 12.3 Å². The second kappa shape index (κ2) is 7.84. The third kappa shape index (κ3) is 3.69. The minimum atomic E-state index is -1.22. The van der Waals surface area contributed by atoms with E-state index in [1.807, 2.05) is 0 Å². The second-order valence-corrected chi connectivity index (χ2v) is 5.98. The van der Waals surface area contributed by atoms with Crippen LogP contribution in [-0.4, -0.2) is 61.5 Å². The Morgan fingerprint density at radius 1 is 1.26 bits per heavy atom. The molecule has 1 aliphatic rings. The molecule has 0 spiro atoms. The van der Waals surface area contributed by atoms with Crippen LogP contribution in [0.1, 0.15) is 32.9 Å². The van der Waals surface area contributed by atoms with Crippen molar-refractivity contribution < 1.29 is 28.9 Å². The van der Waals surface area contributed by atoms with Gasteiger partial charge in [0.1, 0.15) is 30.7 Å². The van der Waals surface area contributed by atoms with Crippen molar-refractivity contribution in [3.05, 3.63) is 12.7 Å². The number of carbonyl (C=O) groups excluding carboxylic acids is 2. The lowest BCUT2D eigenvalue weighted by Gasteiger charge is -2.20. The topological polar surface area (TPSA) is 152 Å². The molecular formula is C16H21N5O6. The average Bonchev–Trinajstić information content (AvgIpc) is 3.22. The molecule has 1 fully saturated rings. The van der Waals surface area contributed by atoms with E-state index in [1.165, 1.54) is 17.2 Å². The minimum Gasteiger partial charge on any atom is -0.463 e. The van der Waals surface area contributed by atoms with Crippen LogP contribution in [0.5, 0.6) is 0 Å². The highest BCUT2D eigenvalue weighted by molar-refractivity contribution is 5.81. The summed E-state index contributed by atoms with van der Waals surface area (Å²) in [6.45, 7) is 3.13. The van der Waals surface area contributed by atoms with Crippen molar-refractivity contribution in [3.8, 4) is 0 Å². The van der Waals surface area contributed by atoms with Crippen LogP contribution >= 0.6 is 0 Å². The summed E-state index contributed by atoms with van der Waals surface area (Å²) in [6, 6.07) is 0. The summed E-state index contributed by atoms with van der Waals surface area (Å²) >= 11 is 0. The van der Waals surface area contributed by atoms with E-state index in [9.17, 15) is 14.7 Å². The van der Waals surface area contributed by atoms with E-state index in [1.54, 1.807) is 13.8 Å². The molecule has 0 bridgehead atoms. The van der Waals surface area contributed by atoms with Gasteiger partial charge in [0, 0.05) is 12.8 Å². The molecule has 2 aromatic heterocycles. The molecule has 0 saturated carbocycles. The largest absolute Gasteiger partial charge is 0.463 e. The predicted molar refractivity (Wildman–Crippen MR) is 91.1 cm³/mol. The molecule has 0 amide bonds. The molecule has 3 rings (SSSR count). The van der Waals surface area contributed by atoms with Gasteiger partial charge in [-0.1, -0.05) is 13.8 Å². The summed E-state index contributed by atoms with van der Waals surface area (Å²) in [4.78, 5) is 35.3. The predicted octanol–water partition coefficient (Wildman–Crippen LogP) is -0.0582. The van der Waals surface area contributed by atoms with Crippen LogP contribution in [-0.2, 0) is 23.8 Å². The highest BCUT2D eigenvalue weighted by Gasteiger charge is 2.48. The minimum absolute atomic E-state index is 0.132. The number of nitrogen functional groups attached to an aromatic ring is 1. The first-order chi connectivity index (χ1) is 13.0. The molecule has 0 aliphatic carbocycles. The molecule has 1 saturated heterocycles. The lowest BCUT2D eigenvalue weighted by molar-refractivity contribution is -0.159. The molecule has 11 heteroatoms. The van der Waals surface area contributed by atoms with Gasteiger partial charge in [-0.25, -0.2) is 15.0 Å². The molecule has 0 aromatic carbocycles. The van der Waals surface area contributed by atoms with Gasteiger partial charge < -0.3 is 25.1 Å². The van der Waals surface area contributed by atoms with Crippen molar-refractivity contribution in [2.45, 2.75) is 51.2 Å². The summed E-state index contributed by atoms with van der Waals surface area (Å²) in [5, 5.41) is 10.7. The Kier molecular flexibility index (Phi) is 5.51. The average molecular weight is 379 g/mol. The fraction of sp³-hybridized carbons (Fsp3) is 0.562. The molecule has 2 aromatic rings. The molecule has 27 heavy (non-hydrogen) atoms. The van der Waals surface area contributed by atoms with E-state index in [0.29, 0.717) is 11.2 Å². The summed E-state index contributed by atoms with van der Waals surface area (Å²) in [6.07, 6.45) is -1.03. The number of anilines is 1. The molecule has 4 atom stereocenters. The molecule has 146 valence electrons. The van der Waals surface area contributed by atoms with Crippen molar-refractivity contribution >= 4 is 28.9 Å². The van der Waals surface area contributed by atoms with E-state index in [2.05, 4.69) is 15.0 Å². The Bertz CT molecular complexity index is 840. The number of carbonyl (C=O) groups is 2. The number of imidazole rings is 1. The third-order valence-electron chi connectivity index (χ3n) is 4.22. The van der Waals surface area contributed by atoms with Crippen LogP contribution in [0.4, 0.5) is 5.82 Å². The normalized spacial score (nSPS) is 24.9. The van der Waals surface area contributed by atoms with Crippen LogP contribution in [0.2, 0.25) is 0 Å². The molecule has 3 heterocycles. The van der Waals surface area contributed by atoms with Crippen molar-refractivity contribution in [1.82, 2.24) is 19.5 Å². The third-order valence-corrected chi connectivity index (χ3v) is 4.22. The van der Waals surface area contributed by atoms with E-state index in [-0.39, 0.29) is 25.3 Å². The maximum absolute atomic E-state index is 11.8. The number of rotatable bonds is 6. The van der Waals surface area contributed by atoms with Gasteiger partial charge in [0.2, 0.25) is 0 Å². The number of fused-ring (bicyclic) bond motifs is 1. The number of ether oxygens (including phenoxy) is 3. The quantitative estimate of drug-likeness (QED) is 0.653. The smallest absolute Gasteiger partial charge is 0.305 e. The van der Waals surface area contributed by atoms with E-state index in [4.69, 9.17) is 19.9 Å². The first-order valence-electron chi connectivity index (χ1n) is 8.57. The van der Waals surface area contributed by atoms with Crippen LogP contribution < -0.4 is 5.73 Å². The van der Waals surface area contributed by atoms with Gasteiger partial charge in [0.25, 0.3) is 0 Å². The van der Waals surface area contributed by atoms with E-state index >= 15 is 0 Å². The zero-order valence-corrected chi connectivity index (χ0v) is 14.9. The number of aromatic nitrogens is 4. The number of aliphatic hydroxyl groups is 1. The number of aliphatic hydroxyl groups excluding tert-OH is 1. The molecule has 0 radical (unpaired) electrons. The first-order valence-corrected chi connectivity index (χ1v) is 8.57. The van der Waals surface area contributed by atoms with Crippen LogP contribution in [0.3, 0.4) is 0 Å². The van der Waals surface area contributed by atoms with E-state index in [0.717, 1.165) is 0 Å². The second-order valence-electron chi connectivity index (χ2n) is 5.98. The summed E-state index contributed by atoms with van der Waals surface area (Å²) in [5.74, 6) is -0.739. The molecule has 11 nitrogen and oxygen atoms in total. The van der Waals surface area contributed by atoms with Crippen molar-refractivity contribution in [1.29, 1.82) is 0 Å². The van der Waals surface area contributed by atoms with Gasteiger partial charge >= 0.3 is 11.9 Å². The number of hydrogen-bond acceptors (Lipinski definition) is 10. The van der Waals surface area contributed by atoms with Gasteiger partial charge in [-0.2, -0.15) is 0 Å². The Balaban J connectivity index is 1.88. The Morgan fingerprint density at radius 3 is 2.70 bits per heavy atom. The number of esters is 2. The Hall–Kier alpha value is -2.79. The monoisotopic (exact) mass is 379 g/mol. The molecule has 1 aliphatic heterocycles. The van der Waals surface area contributed by atoms with Crippen molar-refractivity contribution in [3.63, 3.8) is 0 Å². The Labute approximate surface area is 154 Å². The summed E-state index contributed by atoms with van der Waals surface area (Å²) in [5.41, 5.74) is 6.50. The van der Waals surface area contributed by atoms with E-state index < -0.39 is 36.5 Å². The summed E-state index contributed by atoms with van der Waals surface area (Å²) < 4.78 is 17.7. The van der Waals surface area contributed by atoms with Gasteiger partial charge in [-0.15, -0.1) is 0 Å². The maximum Gasteiger partial charge on any atom is 0.305 e. The van der Waals surface area contributed by atoms with Crippen LogP contribution in [0.25, 0.3) is 11.2 Å². The van der Waals surface area contributed by atoms with Crippen LogP contribution in [0.15, 0.2) is 12.7 Å². The Morgan fingerprint density at radius 2 is 2.00 bits per heavy atom. The zero-order valence-electron chi connectivity index (χ0n) is 14.9. The molecule has 0 unspecified atom stereocenters. The maximum atomic E-state index is 11.8. The molecular weight excluding hydrogens is 358 g/mol. The standard InChI is InChI=1S/C16H21N5O6/c1-3-9(22)25-5-8-13(27-10(23)4-2)12(24)16(26-8)21-7-20-11-14(17)18-6-19-15(11)21/h6-8,12-13,16,24H,3-5H2,1-2H3,(H2,17,18,19)/t8-,12+,13-,16-/m1/s1. The summed E-state index contributed by atoms with van der Waals surface area (Å²) in [7, 11) is 0. The lowest BCUT2D eigenvalue weighted by atomic mass is 10.1. The SMILES string of the molecule is CCC(=O)OC[C@H]1O[C@@H](n2cnc3c(N)ncnc32)[C@@H](O)[C@@H]1OC(=O)CC. The molecule has 3 N–H and O–H groups in total. The van der Waals surface area contributed by atoms with Gasteiger partial charge in [0.05, 0.1) is 6.33 Å². The fourth-order valence-electron chi connectivity index (χ4n) is 2.80. The lowest BCUT2D eigenvalue weighted by Crippen LogP contribution is -2.38. The number of nitrogens with zero attached hydrogens (tertiary/aromatic N) is 4. The van der Waals surface area contributed by atoms with Gasteiger partial charge in [0.15, 0.2) is 23.8 Å². The highest BCUT2D eigenvalue weighted by Crippen LogP contribution is 2.34. The zero-order chi connectivity index (χ0) is 19.6. The van der Waals surface area contributed by atoms with Gasteiger partial charge in [-0.05, 0) is 0 Å². The van der Waals surface area contributed by atoms with Crippen molar-refractivity contribution in [2.24, 2.45) is 0 Å². The van der Waals surface area contributed by atoms with Gasteiger partial charge in [-0.3, -0.25) is 14.2 Å². The van der Waals surface area contributed by atoms with Crippen LogP contribution in [0, 0.1) is 0 Å². The fourth-order valence-corrected chi connectivity index (χ4v) is 2.80. The number of hydrogen-bond donors (Lipinski definition) is 2. The number of nitrogens with two attached hydrogens (primary N) is 1. The highest BCUT2D eigenvalue weighted by atomic mass is 16.6. The first kappa shape index (κ1) is 19.0.